The van der Waals surface area contributed by atoms with Gasteiger partial charge in [-0.3, -0.25) is 4.79 Å². The Kier molecular flexibility index (Phi) is 9.81. The second-order valence-electron chi connectivity index (χ2n) is 9.45. The summed E-state index contributed by atoms with van der Waals surface area (Å²) >= 11 is 0.850. The molecule has 3 aromatic carbocycles. The minimum absolute atomic E-state index is 0.0322. The monoisotopic (exact) mass is 616 g/mol. The lowest BCUT2D eigenvalue weighted by molar-refractivity contribution is -0.156. The van der Waals surface area contributed by atoms with E-state index in [0.717, 1.165) is 39.5 Å². The SMILES string of the molecule is O=C(O)C(=O)N(Cc1cccc(C(F)(F)F)c1)Cc1ccc(S(=O)(=O)NCCC(c2ccccc2)c2ccccc2)s1. The van der Waals surface area contributed by atoms with Gasteiger partial charge < -0.3 is 10.0 Å². The third kappa shape index (κ3) is 8.05. The van der Waals surface area contributed by atoms with Crippen molar-refractivity contribution >= 4 is 33.2 Å². The number of carbonyl (C=O) groups excluding carboxylic acids is 1. The van der Waals surface area contributed by atoms with E-state index >= 15 is 0 Å². The summed E-state index contributed by atoms with van der Waals surface area (Å²) in [5.74, 6) is -3.14. The molecule has 0 aliphatic rings. The summed E-state index contributed by atoms with van der Waals surface area (Å²) in [7, 11) is -3.93. The topological polar surface area (TPSA) is 104 Å². The van der Waals surface area contributed by atoms with Crippen molar-refractivity contribution in [2.24, 2.45) is 0 Å². The number of carboxylic acids is 1. The first-order valence-corrected chi connectivity index (χ1v) is 15.1. The van der Waals surface area contributed by atoms with Crippen LogP contribution in [0.2, 0.25) is 0 Å². The van der Waals surface area contributed by atoms with Gasteiger partial charge in [0.15, 0.2) is 0 Å². The molecule has 42 heavy (non-hydrogen) atoms. The minimum atomic E-state index is -4.61. The highest BCUT2D eigenvalue weighted by Gasteiger charge is 2.31. The first-order valence-electron chi connectivity index (χ1n) is 12.8. The van der Waals surface area contributed by atoms with E-state index in [9.17, 15) is 36.3 Å². The number of aliphatic carboxylic acids is 1. The van der Waals surface area contributed by atoms with E-state index in [-0.39, 0.29) is 28.8 Å². The van der Waals surface area contributed by atoms with Crippen molar-refractivity contribution in [3.63, 3.8) is 0 Å². The zero-order chi connectivity index (χ0) is 30.3. The van der Waals surface area contributed by atoms with Crippen molar-refractivity contribution in [1.82, 2.24) is 9.62 Å². The smallest absolute Gasteiger partial charge is 0.416 e. The Morgan fingerprint density at radius 1 is 0.857 bits per heavy atom. The first kappa shape index (κ1) is 30.9. The van der Waals surface area contributed by atoms with Crippen LogP contribution in [0.4, 0.5) is 13.2 Å². The van der Waals surface area contributed by atoms with E-state index in [1.54, 1.807) is 0 Å². The summed E-state index contributed by atoms with van der Waals surface area (Å²) in [6, 6.07) is 26.5. The van der Waals surface area contributed by atoms with E-state index in [1.165, 1.54) is 24.3 Å². The largest absolute Gasteiger partial charge is 0.474 e. The number of carbonyl (C=O) groups is 2. The Labute approximate surface area is 245 Å². The molecule has 0 bridgehead atoms. The van der Waals surface area contributed by atoms with Gasteiger partial charge in [-0.1, -0.05) is 72.8 Å². The molecule has 0 fully saturated rings. The molecule has 0 unspecified atom stereocenters. The summed E-state index contributed by atoms with van der Waals surface area (Å²) in [5, 5.41) is 9.26. The fraction of sp³-hybridized carbons (Fsp3) is 0.200. The van der Waals surface area contributed by atoms with E-state index in [4.69, 9.17) is 0 Å². The fourth-order valence-electron chi connectivity index (χ4n) is 4.48. The van der Waals surface area contributed by atoms with Gasteiger partial charge in [-0.25, -0.2) is 17.9 Å². The third-order valence-electron chi connectivity index (χ3n) is 6.48. The Morgan fingerprint density at radius 2 is 1.48 bits per heavy atom. The van der Waals surface area contributed by atoms with Gasteiger partial charge in [0.05, 0.1) is 12.1 Å². The maximum absolute atomic E-state index is 13.1. The summed E-state index contributed by atoms with van der Waals surface area (Å²) in [6.07, 6.45) is -4.12. The van der Waals surface area contributed by atoms with Gasteiger partial charge in [0.1, 0.15) is 4.21 Å². The molecule has 0 saturated heterocycles. The second kappa shape index (κ2) is 13.3. The lowest BCUT2D eigenvalue weighted by Crippen LogP contribution is -2.35. The Balaban J connectivity index is 1.45. The van der Waals surface area contributed by atoms with E-state index in [2.05, 4.69) is 4.72 Å². The molecule has 2 N–H and O–H groups in total. The number of hydrogen-bond donors (Lipinski definition) is 2. The molecule has 0 radical (unpaired) electrons. The van der Waals surface area contributed by atoms with Gasteiger partial charge in [0.25, 0.3) is 0 Å². The Bertz CT molecular complexity index is 1590. The standard InChI is InChI=1S/C30H27F3N2O5S2/c31-30(32,33)24-13-7-8-21(18-24)19-35(28(36)29(37)38)20-25-14-15-27(41-25)42(39,40)34-17-16-26(22-9-3-1-4-10-22)23-11-5-2-6-12-23/h1-15,18,26,34H,16-17,19-20H2,(H,37,38). The molecule has 0 saturated carbocycles. The molecule has 4 rings (SSSR count). The molecule has 0 atom stereocenters. The van der Waals surface area contributed by atoms with E-state index < -0.39 is 40.2 Å². The number of benzene rings is 3. The summed E-state index contributed by atoms with van der Waals surface area (Å²) in [6.45, 7) is -0.567. The first-order chi connectivity index (χ1) is 19.9. The lowest BCUT2D eigenvalue weighted by atomic mass is 9.89. The zero-order valence-electron chi connectivity index (χ0n) is 22.1. The van der Waals surface area contributed by atoms with Gasteiger partial charge in [-0.05, 0) is 47.4 Å². The summed E-state index contributed by atoms with van der Waals surface area (Å²) < 4.78 is 68.1. The number of alkyl halides is 3. The number of sulfonamides is 1. The average Bonchev–Trinajstić information content (AvgIpc) is 3.45. The highest BCUT2D eigenvalue weighted by molar-refractivity contribution is 7.91. The van der Waals surface area contributed by atoms with Crippen LogP contribution in [-0.4, -0.2) is 36.8 Å². The third-order valence-corrected chi connectivity index (χ3v) is 9.50. The number of rotatable bonds is 11. The zero-order valence-corrected chi connectivity index (χ0v) is 23.8. The molecule has 1 heterocycles. The van der Waals surface area contributed by atoms with Crippen LogP contribution >= 0.6 is 11.3 Å². The van der Waals surface area contributed by atoms with Crippen molar-refractivity contribution in [3.8, 4) is 0 Å². The van der Waals surface area contributed by atoms with Crippen molar-refractivity contribution < 1.29 is 36.3 Å². The van der Waals surface area contributed by atoms with Crippen LogP contribution in [0.15, 0.2) is 101 Å². The molecule has 0 spiro atoms. The number of amides is 1. The highest BCUT2D eigenvalue weighted by atomic mass is 32.2. The maximum atomic E-state index is 13.1. The van der Waals surface area contributed by atoms with Gasteiger partial charge in [-0.2, -0.15) is 13.2 Å². The quantitative estimate of drug-likeness (QED) is 0.205. The molecule has 220 valence electrons. The van der Waals surface area contributed by atoms with Crippen molar-refractivity contribution in [3.05, 3.63) is 124 Å². The molecule has 1 aromatic heterocycles. The van der Waals surface area contributed by atoms with Gasteiger partial charge in [-0.15, -0.1) is 11.3 Å². The van der Waals surface area contributed by atoms with Crippen LogP contribution in [0.25, 0.3) is 0 Å². The van der Waals surface area contributed by atoms with Gasteiger partial charge >= 0.3 is 18.1 Å². The van der Waals surface area contributed by atoms with Crippen molar-refractivity contribution in [1.29, 1.82) is 0 Å². The number of nitrogens with one attached hydrogen (secondary N) is 1. The van der Waals surface area contributed by atoms with Crippen LogP contribution in [0.3, 0.4) is 0 Å². The van der Waals surface area contributed by atoms with E-state index in [0.29, 0.717) is 11.3 Å². The van der Waals surface area contributed by atoms with Crippen LogP contribution in [0.1, 0.15) is 39.5 Å². The van der Waals surface area contributed by atoms with Gasteiger partial charge in [0.2, 0.25) is 10.0 Å². The Hall–Kier alpha value is -4.00. The normalized spacial score (nSPS) is 11.9. The molecular weight excluding hydrogens is 589 g/mol. The predicted molar refractivity (Wildman–Crippen MR) is 152 cm³/mol. The fourth-order valence-corrected chi connectivity index (χ4v) is 6.95. The second-order valence-corrected chi connectivity index (χ2v) is 12.6. The minimum Gasteiger partial charge on any atom is -0.474 e. The molecule has 4 aromatic rings. The van der Waals surface area contributed by atoms with Crippen molar-refractivity contribution in [2.75, 3.05) is 6.54 Å². The van der Waals surface area contributed by atoms with Crippen LogP contribution < -0.4 is 4.72 Å². The summed E-state index contributed by atoms with van der Waals surface area (Å²) in [4.78, 5) is 25.0. The highest BCUT2D eigenvalue weighted by Crippen LogP contribution is 2.31. The Morgan fingerprint density at radius 3 is 2.05 bits per heavy atom. The van der Waals surface area contributed by atoms with Gasteiger partial charge in [0, 0.05) is 23.9 Å². The predicted octanol–water partition coefficient (Wildman–Crippen LogP) is 5.88. The molecule has 7 nitrogen and oxygen atoms in total. The number of thiophene rings is 1. The van der Waals surface area contributed by atoms with Crippen molar-refractivity contribution in [2.45, 2.75) is 35.8 Å². The number of hydrogen-bond acceptors (Lipinski definition) is 5. The lowest BCUT2D eigenvalue weighted by Gasteiger charge is -2.20. The molecule has 1 amide bonds. The number of carboxylic acid groups (broad SMARTS) is 1. The van der Waals surface area contributed by atoms with E-state index in [1.807, 2.05) is 60.7 Å². The van der Waals surface area contributed by atoms with Crippen LogP contribution in [0.5, 0.6) is 0 Å². The average molecular weight is 617 g/mol. The summed E-state index contributed by atoms with van der Waals surface area (Å²) in [5.41, 5.74) is 1.24. The number of nitrogens with zero attached hydrogens (tertiary/aromatic N) is 1. The molecule has 0 aliphatic heterocycles. The number of halogens is 3. The van der Waals surface area contributed by atoms with Crippen LogP contribution in [0, 0.1) is 0 Å². The maximum Gasteiger partial charge on any atom is 0.416 e. The molecular formula is C30H27F3N2O5S2. The molecule has 0 aliphatic carbocycles. The van der Waals surface area contributed by atoms with Crippen LogP contribution in [-0.2, 0) is 38.9 Å². The molecule has 12 heteroatoms.